The number of nitrogens with one attached hydrogen (secondary N) is 3. The van der Waals surface area contributed by atoms with Gasteiger partial charge >= 0.3 is 0 Å². The van der Waals surface area contributed by atoms with Gasteiger partial charge in [-0.15, -0.1) is 0 Å². The minimum absolute atomic E-state index is 0.0530. The van der Waals surface area contributed by atoms with Gasteiger partial charge in [0.15, 0.2) is 4.77 Å². The average molecular weight is 433 g/mol. The molecule has 10 heteroatoms. The number of aromatic nitrogens is 2. The zero-order valence-electron chi connectivity index (χ0n) is 15.6. The third-order valence-electron chi connectivity index (χ3n) is 4.24. The number of anilines is 1. The Morgan fingerprint density at radius 2 is 1.83 bits per heavy atom. The van der Waals surface area contributed by atoms with E-state index in [1.165, 1.54) is 4.57 Å². The lowest BCUT2D eigenvalue weighted by molar-refractivity contribution is -0.121. The molecule has 0 spiro atoms. The number of carbonyl (C=O) groups is 1. The Labute approximate surface area is 172 Å². The van der Waals surface area contributed by atoms with Crippen LogP contribution in [0.15, 0.2) is 53.3 Å². The summed E-state index contributed by atoms with van der Waals surface area (Å²) in [7, 11) is -3.43. The van der Waals surface area contributed by atoms with Crippen LogP contribution in [0.2, 0.25) is 0 Å². The average Bonchev–Trinajstić information content (AvgIpc) is 2.66. The van der Waals surface area contributed by atoms with Gasteiger partial charge in [0.1, 0.15) is 0 Å². The smallest absolute Gasteiger partial charge is 0.262 e. The molecule has 0 radical (unpaired) electrons. The second-order valence-corrected chi connectivity index (χ2v) is 8.63. The van der Waals surface area contributed by atoms with Gasteiger partial charge in [0.25, 0.3) is 5.56 Å². The number of nitrogens with zero attached hydrogens (tertiary/aromatic N) is 1. The summed E-state index contributed by atoms with van der Waals surface area (Å²) in [6.45, 7) is 0.283. The fourth-order valence-electron chi connectivity index (χ4n) is 2.87. The number of para-hydroxylation sites is 2. The van der Waals surface area contributed by atoms with Crippen molar-refractivity contribution in [1.82, 2.24) is 14.9 Å². The molecule has 0 unspecified atom stereocenters. The van der Waals surface area contributed by atoms with Crippen LogP contribution in [-0.2, 0) is 27.9 Å². The van der Waals surface area contributed by atoms with Gasteiger partial charge in [-0.3, -0.25) is 18.9 Å². The number of carbonyl (C=O) groups excluding carboxylic acids is 1. The molecular weight excluding hydrogens is 412 g/mol. The number of hydrogen-bond donors (Lipinski definition) is 3. The molecule has 0 saturated carbocycles. The first-order valence-electron chi connectivity index (χ1n) is 8.79. The van der Waals surface area contributed by atoms with Crippen molar-refractivity contribution in [1.29, 1.82) is 0 Å². The largest absolute Gasteiger partial charge is 0.352 e. The zero-order chi connectivity index (χ0) is 21.0. The predicted octanol–water partition coefficient (Wildman–Crippen LogP) is 2.14. The molecule has 3 aromatic rings. The molecule has 1 aromatic heterocycles. The molecule has 0 fully saturated rings. The standard InChI is InChI=1S/C19H20N4O4S2/c1-29(26,27)22-15-8-4-2-6-13(15)12-20-17(24)10-11-23-18(25)14-7-3-5-9-16(14)21-19(23)28/h2-9,22H,10-12H2,1H3,(H,20,24)(H,21,28). The topological polar surface area (TPSA) is 113 Å². The van der Waals surface area contributed by atoms with Crippen molar-refractivity contribution in [2.75, 3.05) is 11.0 Å². The summed E-state index contributed by atoms with van der Waals surface area (Å²) in [5.74, 6) is -0.284. The van der Waals surface area contributed by atoms with Crippen LogP contribution in [0.5, 0.6) is 0 Å². The van der Waals surface area contributed by atoms with E-state index in [-0.39, 0.29) is 35.7 Å². The van der Waals surface area contributed by atoms with Crippen LogP contribution in [0.25, 0.3) is 10.9 Å². The Morgan fingerprint density at radius 3 is 2.59 bits per heavy atom. The predicted molar refractivity (Wildman–Crippen MR) is 115 cm³/mol. The first-order chi connectivity index (χ1) is 13.7. The minimum Gasteiger partial charge on any atom is -0.352 e. The normalized spacial score (nSPS) is 11.3. The maximum Gasteiger partial charge on any atom is 0.262 e. The lowest BCUT2D eigenvalue weighted by Gasteiger charge is -2.12. The highest BCUT2D eigenvalue weighted by atomic mass is 32.2. The molecule has 1 heterocycles. The minimum atomic E-state index is -3.43. The Morgan fingerprint density at radius 1 is 1.14 bits per heavy atom. The first kappa shape index (κ1) is 20.7. The van der Waals surface area contributed by atoms with E-state index in [1.807, 2.05) is 0 Å². The van der Waals surface area contributed by atoms with Gasteiger partial charge in [0.05, 0.1) is 22.8 Å². The van der Waals surface area contributed by atoms with Crippen molar-refractivity contribution in [3.63, 3.8) is 0 Å². The van der Waals surface area contributed by atoms with Crippen molar-refractivity contribution in [3.8, 4) is 0 Å². The van der Waals surface area contributed by atoms with Crippen molar-refractivity contribution in [3.05, 3.63) is 69.2 Å². The fraction of sp³-hybridized carbons (Fsp3) is 0.211. The van der Waals surface area contributed by atoms with Crippen LogP contribution in [0.4, 0.5) is 5.69 Å². The number of fused-ring (bicyclic) bond motifs is 1. The van der Waals surface area contributed by atoms with E-state index in [0.717, 1.165) is 6.26 Å². The van der Waals surface area contributed by atoms with Gasteiger partial charge in [-0.05, 0) is 36.0 Å². The van der Waals surface area contributed by atoms with Gasteiger partial charge in [0, 0.05) is 19.5 Å². The molecule has 3 N–H and O–H groups in total. The van der Waals surface area contributed by atoms with Crippen molar-refractivity contribution in [2.45, 2.75) is 19.5 Å². The van der Waals surface area contributed by atoms with E-state index in [4.69, 9.17) is 12.2 Å². The second kappa shape index (κ2) is 8.58. The highest BCUT2D eigenvalue weighted by Gasteiger charge is 2.10. The van der Waals surface area contributed by atoms with E-state index in [9.17, 15) is 18.0 Å². The van der Waals surface area contributed by atoms with Crippen molar-refractivity contribution >= 4 is 44.7 Å². The molecule has 0 aliphatic carbocycles. The lowest BCUT2D eigenvalue weighted by Crippen LogP contribution is -2.28. The Balaban J connectivity index is 1.67. The number of amides is 1. The third-order valence-corrected chi connectivity index (χ3v) is 5.15. The quantitative estimate of drug-likeness (QED) is 0.495. The Bertz CT molecular complexity index is 1280. The summed E-state index contributed by atoms with van der Waals surface area (Å²) in [5.41, 5.74) is 1.44. The highest BCUT2D eigenvalue weighted by molar-refractivity contribution is 7.92. The summed E-state index contributed by atoms with van der Waals surface area (Å²) in [6.07, 6.45) is 1.12. The van der Waals surface area contributed by atoms with E-state index in [0.29, 0.717) is 22.2 Å². The third kappa shape index (κ3) is 5.30. The van der Waals surface area contributed by atoms with E-state index < -0.39 is 10.0 Å². The van der Waals surface area contributed by atoms with Gasteiger partial charge in [-0.2, -0.15) is 0 Å². The van der Waals surface area contributed by atoms with Gasteiger partial charge in [0.2, 0.25) is 15.9 Å². The second-order valence-electron chi connectivity index (χ2n) is 6.49. The maximum atomic E-state index is 12.6. The van der Waals surface area contributed by atoms with E-state index >= 15 is 0 Å². The molecule has 2 aromatic carbocycles. The molecule has 0 aliphatic rings. The number of rotatable bonds is 7. The molecule has 152 valence electrons. The van der Waals surface area contributed by atoms with Gasteiger partial charge in [-0.25, -0.2) is 8.42 Å². The molecule has 0 atom stereocenters. The van der Waals surface area contributed by atoms with Crippen LogP contribution in [-0.4, -0.2) is 30.1 Å². The summed E-state index contributed by atoms with van der Waals surface area (Å²) in [5, 5.41) is 3.24. The number of H-pyrrole nitrogens is 1. The highest BCUT2D eigenvalue weighted by Crippen LogP contribution is 2.16. The molecule has 1 amide bonds. The molecular formula is C19H20N4O4S2. The maximum absolute atomic E-state index is 12.6. The van der Waals surface area contributed by atoms with Crippen LogP contribution in [0.3, 0.4) is 0 Å². The monoisotopic (exact) mass is 432 g/mol. The summed E-state index contributed by atoms with van der Waals surface area (Å²) in [6, 6.07) is 13.8. The van der Waals surface area contributed by atoms with Crippen LogP contribution in [0.1, 0.15) is 12.0 Å². The lowest BCUT2D eigenvalue weighted by atomic mass is 10.2. The fourth-order valence-corrected chi connectivity index (χ4v) is 3.75. The molecule has 0 bridgehead atoms. The number of sulfonamides is 1. The molecule has 29 heavy (non-hydrogen) atoms. The van der Waals surface area contributed by atoms with Crippen LogP contribution < -0.4 is 15.6 Å². The van der Waals surface area contributed by atoms with Crippen molar-refractivity contribution < 1.29 is 13.2 Å². The van der Waals surface area contributed by atoms with Crippen molar-refractivity contribution in [2.24, 2.45) is 0 Å². The van der Waals surface area contributed by atoms with Gasteiger partial charge < -0.3 is 10.3 Å². The molecule has 8 nitrogen and oxygen atoms in total. The molecule has 0 aliphatic heterocycles. The summed E-state index contributed by atoms with van der Waals surface area (Å²) >= 11 is 5.24. The van der Waals surface area contributed by atoms with Gasteiger partial charge in [-0.1, -0.05) is 30.3 Å². The number of aromatic amines is 1. The number of benzene rings is 2. The van der Waals surface area contributed by atoms with E-state index in [1.54, 1.807) is 48.5 Å². The molecule has 3 rings (SSSR count). The first-order valence-corrected chi connectivity index (χ1v) is 11.1. The SMILES string of the molecule is CS(=O)(=O)Nc1ccccc1CNC(=O)CCn1c(=S)[nH]c2ccccc2c1=O. The van der Waals surface area contributed by atoms with Crippen LogP contribution >= 0.6 is 12.2 Å². The number of hydrogen-bond acceptors (Lipinski definition) is 5. The molecule has 0 saturated heterocycles. The summed E-state index contributed by atoms with van der Waals surface area (Å²) < 4.78 is 27.0. The Hall–Kier alpha value is -2.98. The van der Waals surface area contributed by atoms with Crippen LogP contribution in [0, 0.1) is 4.77 Å². The Kier molecular flexibility index (Phi) is 6.14. The zero-order valence-corrected chi connectivity index (χ0v) is 17.3. The van der Waals surface area contributed by atoms with E-state index in [2.05, 4.69) is 15.0 Å². The summed E-state index contributed by atoms with van der Waals surface area (Å²) in [4.78, 5) is 27.9.